The van der Waals surface area contributed by atoms with Crippen molar-refractivity contribution in [2.75, 3.05) is 18.9 Å². The van der Waals surface area contributed by atoms with E-state index in [-0.39, 0.29) is 11.7 Å². The van der Waals surface area contributed by atoms with Crippen molar-refractivity contribution in [2.45, 2.75) is 45.1 Å². The monoisotopic (exact) mass is 288 g/mol. The summed E-state index contributed by atoms with van der Waals surface area (Å²) in [5.74, 6) is 0.173. The summed E-state index contributed by atoms with van der Waals surface area (Å²) in [7, 11) is 1.90. The highest BCUT2D eigenvalue weighted by Gasteiger charge is 2.21. The van der Waals surface area contributed by atoms with Crippen LogP contribution in [0, 0.1) is 0 Å². The third-order valence-electron chi connectivity index (χ3n) is 4.25. The summed E-state index contributed by atoms with van der Waals surface area (Å²) in [6.07, 6.45) is 5.98. The van der Waals surface area contributed by atoms with Crippen molar-refractivity contribution in [1.82, 2.24) is 4.90 Å². The molecule has 4 nitrogen and oxygen atoms in total. The summed E-state index contributed by atoms with van der Waals surface area (Å²) in [6, 6.07) is 7.63. The highest BCUT2D eigenvalue weighted by molar-refractivity contribution is 5.94. The van der Waals surface area contributed by atoms with Gasteiger partial charge < -0.3 is 10.2 Å². The van der Waals surface area contributed by atoms with Crippen LogP contribution in [0.2, 0.25) is 0 Å². The molecular weight excluding hydrogens is 264 g/mol. The topological polar surface area (TPSA) is 49.4 Å². The molecule has 1 amide bonds. The fourth-order valence-electron chi connectivity index (χ4n) is 2.80. The lowest BCUT2D eigenvalue weighted by molar-refractivity contribution is -0.130. The zero-order valence-corrected chi connectivity index (χ0v) is 12.9. The molecule has 21 heavy (non-hydrogen) atoms. The van der Waals surface area contributed by atoms with Crippen LogP contribution in [0.4, 0.5) is 5.69 Å². The number of Topliss-reactive ketones (excluding diaryl/α,β-unsaturated/α-hetero) is 1. The summed E-state index contributed by atoms with van der Waals surface area (Å²) in [4.78, 5) is 25.3. The molecule has 0 atom stereocenters. The number of ketones is 1. The lowest BCUT2D eigenvalue weighted by Crippen LogP contribution is -2.41. The van der Waals surface area contributed by atoms with Crippen LogP contribution in [0.5, 0.6) is 0 Å². The first-order chi connectivity index (χ1) is 10.1. The molecule has 0 aromatic heterocycles. The number of amides is 1. The van der Waals surface area contributed by atoms with E-state index in [4.69, 9.17) is 0 Å². The second-order valence-corrected chi connectivity index (χ2v) is 5.78. The fourth-order valence-corrected chi connectivity index (χ4v) is 2.80. The van der Waals surface area contributed by atoms with Crippen molar-refractivity contribution in [3.05, 3.63) is 29.8 Å². The van der Waals surface area contributed by atoms with Crippen molar-refractivity contribution >= 4 is 17.4 Å². The lowest BCUT2D eigenvalue weighted by Gasteiger charge is -2.31. The van der Waals surface area contributed by atoms with Crippen molar-refractivity contribution < 1.29 is 9.59 Å². The molecule has 4 heteroatoms. The predicted octanol–water partition coefficient (Wildman–Crippen LogP) is 3.09. The zero-order valence-electron chi connectivity index (χ0n) is 12.9. The molecule has 2 rings (SSSR count). The Kier molecular flexibility index (Phi) is 5.37. The molecule has 1 aliphatic carbocycles. The molecule has 1 aliphatic rings. The van der Waals surface area contributed by atoms with Crippen LogP contribution in [-0.2, 0) is 4.79 Å². The van der Waals surface area contributed by atoms with Gasteiger partial charge >= 0.3 is 0 Å². The normalized spacial score (nSPS) is 15.5. The minimum atomic E-state index is 0.0506. The van der Waals surface area contributed by atoms with Crippen LogP contribution < -0.4 is 5.32 Å². The molecule has 1 aromatic carbocycles. The maximum absolute atomic E-state index is 12.2. The number of likely N-dealkylation sites (N-methyl/N-ethyl adjacent to an activating group) is 1. The molecule has 0 saturated heterocycles. The summed E-state index contributed by atoms with van der Waals surface area (Å²) in [6.45, 7) is 1.84. The Bertz CT molecular complexity index is 490. The van der Waals surface area contributed by atoms with Crippen LogP contribution in [0.1, 0.15) is 49.4 Å². The number of nitrogens with zero attached hydrogens (tertiary/aromatic N) is 1. The number of rotatable bonds is 5. The Morgan fingerprint density at radius 3 is 2.33 bits per heavy atom. The second kappa shape index (κ2) is 7.25. The lowest BCUT2D eigenvalue weighted by atomic mass is 9.94. The van der Waals surface area contributed by atoms with Gasteiger partial charge in [0.25, 0.3) is 0 Å². The average molecular weight is 288 g/mol. The summed E-state index contributed by atoms with van der Waals surface area (Å²) in [5, 5.41) is 3.13. The van der Waals surface area contributed by atoms with Gasteiger partial charge in [-0.2, -0.15) is 0 Å². The molecule has 0 aliphatic heterocycles. The molecule has 1 fully saturated rings. The number of nitrogens with one attached hydrogen (secondary N) is 1. The molecule has 1 N–H and O–H groups in total. The van der Waals surface area contributed by atoms with Crippen LogP contribution in [-0.4, -0.2) is 36.2 Å². The Balaban J connectivity index is 1.83. The average Bonchev–Trinajstić information content (AvgIpc) is 2.53. The quantitative estimate of drug-likeness (QED) is 0.847. The Hall–Kier alpha value is -1.84. The molecule has 1 saturated carbocycles. The summed E-state index contributed by atoms with van der Waals surface area (Å²) < 4.78 is 0. The van der Waals surface area contributed by atoms with E-state index >= 15 is 0 Å². The molecular formula is C17H24N2O2. The van der Waals surface area contributed by atoms with Crippen molar-refractivity contribution in [1.29, 1.82) is 0 Å². The molecule has 0 bridgehead atoms. The van der Waals surface area contributed by atoms with E-state index in [0.29, 0.717) is 18.2 Å². The Labute approximate surface area is 126 Å². The number of carbonyl (C=O) groups excluding carboxylic acids is 2. The van der Waals surface area contributed by atoms with E-state index in [9.17, 15) is 9.59 Å². The van der Waals surface area contributed by atoms with E-state index in [1.165, 1.54) is 19.3 Å². The number of hydrogen-bond donors (Lipinski definition) is 1. The Morgan fingerprint density at radius 1 is 1.14 bits per heavy atom. The van der Waals surface area contributed by atoms with Crippen molar-refractivity contribution in [3.8, 4) is 0 Å². The fraction of sp³-hybridized carbons (Fsp3) is 0.529. The van der Waals surface area contributed by atoms with Gasteiger partial charge in [-0.25, -0.2) is 0 Å². The number of hydrogen-bond acceptors (Lipinski definition) is 3. The summed E-state index contributed by atoms with van der Waals surface area (Å²) in [5.41, 5.74) is 1.55. The number of anilines is 1. The maximum atomic E-state index is 12.2. The maximum Gasteiger partial charge on any atom is 0.241 e. The molecule has 0 heterocycles. The van der Waals surface area contributed by atoms with E-state index in [2.05, 4.69) is 5.32 Å². The van der Waals surface area contributed by atoms with Crippen LogP contribution in [0.3, 0.4) is 0 Å². The van der Waals surface area contributed by atoms with Crippen molar-refractivity contribution in [2.24, 2.45) is 0 Å². The summed E-state index contributed by atoms with van der Waals surface area (Å²) >= 11 is 0. The van der Waals surface area contributed by atoms with E-state index in [0.717, 1.165) is 18.5 Å². The van der Waals surface area contributed by atoms with Gasteiger partial charge in [0, 0.05) is 24.3 Å². The van der Waals surface area contributed by atoms with Gasteiger partial charge in [-0.3, -0.25) is 9.59 Å². The standard InChI is InChI=1S/C17H24N2O2/c1-13(20)14-8-10-15(11-9-14)18-12-17(21)19(2)16-6-4-3-5-7-16/h8-11,16,18H,3-7,12H2,1-2H3. The molecule has 114 valence electrons. The minimum absolute atomic E-state index is 0.0506. The third kappa shape index (κ3) is 4.31. The molecule has 0 spiro atoms. The molecule has 1 aromatic rings. The first-order valence-electron chi connectivity index (χ1n) is 7.68. The Morgan fingerprint density at radius 2 is 1.76 bits per heavy atom. The van der Waals surface area contributed by atoms with Crippen LogP contribution >= 0.6 is 0 Å². The molecule has 0 unspecified atom stereocenters. The highest BCUT2D eigenvalue weighted by atomic mass is 16.2. The van der Waals surface area contributed by atoms with E-state index < -0.39 is 0 Å². The highest BCUT2D eigenvalue weighted by Crippen LogP contribution is 2.21. The van der Waals surface area contributed by atoms with Crippen LogP contribution in [0.25, 0.3) is 0 Å². The molecule has 0 radical (unpaired) electrons. The van der Waals surface area contributed by atoms with Gasteiger partial charge in [0.15, 0.2) is 5.78 Å². The largest absolute Gasteiger partial charge is 0.376 e. The van der Waals surface area contributed by atoms with Gasteiger partial charge in [-0.15, -0.1) is 0 Å². The van der Waals surface area contributed by atoms with Gasteiger partial charge in [0.05, 0.1) is 6.54 Å². The van der Waals surface area contributed by atoms with Crippen LogP contribution in [0.15, 0.2) is 24.3 Å². The van der Waals surface area contributed by atoms with Gasteiger partial charge in [0.2, 0.25) is 5.91 Å². The van der Waals surface area contributed by atoms with E-state index in [1.807, 2.05) is 24.1 Å². The second-order valence-electron chi connectivity index (χ2n) is 5.78. The minimum Gasteiger partial charge on any atom is -0.376 e. The third-order valence-corrected chi connectivity index (χ3v) is 4.25. The van der Waals surface area contributed by atoms with Gasteiger partial charge in [0.1, 0.15) is 0 Å². The first-order valence-corrected chi connectivity index (χ1v) is 7.68. The zero-order chi connectivity index (χ0) is 15.2. The van der Waals surface area contributed by atoms with Gasteiger partial charge in [-0.1, -0.05) is 19.3 Å². The SMILES string of the molecule is CC(=O)c1ccc(NCC(=O)N(C)C2CCCCC2)cc1. The predicted molar refractivity (Wildman–Crippen MR) is 84.6 cm³/mol. The number of carbonyl (C=O) groups is 2. The number of benzene rings is 1. The van der Waals surface area contributed by atoms with Crippen molar-refractivity contribution in [3.63, 3.8) is 0 Å². The smallest absolute Gasteiger partial charge is 0.241 e. The van der Waals surface area contributed by atoms with Gasteiger partial charge in [-0.05, 0) is 44.0 Å². The first kappa shape index (κ1) is 15.5. The van der Waals surface area contributed by atoms with E-state index in [1.54, 1.807) is 19.1 Å².